The molecule has 3 aromatic carbocycles. The minimum Gasteiger partial charge on any atom is -0.481 e. The maximum Gasteiger partial charge on any atom is 0.304 e. The molecular formula is C27H23N3O3S. The van der Waals surface area contributed by atoms with Gasteiger partial charge in [0, 0.05) is 27.6 Å². The second-order valence-electron chi connectivity index (χ2n) is 7.48. The normalized spacial score (nSPS) is 11.4. The molecule has 0 bridgehead atoms. The first-order valence-electron chi connectivity index (χ1n) is 10.7. The van der Waals surface area contributed by atoms with Crippen LogP contribution < -0.4 is 10.6 Å². The third-order valence-corrected chi connectivity index (χ3v) is 6.35. The first-order valence-corrected chi connectivity index (χ1v) is 11.6. The van der Waals surface area contributed by atoms with Crippen molar-refractivity contribution in [3.63, 3.8) is 0 Å². The third kappa shape index (κ3) is 6.24. The molecule has 0 aliphatic rings. The van der Waals surface area contributed by atoms with Crippen molar-refractivity contribution in [3.8, 4) is 0 Å². The molecular weight excluding hydrogens is 446 g/mol. The summed E-state index contributed by atoms with van der Waals surface area (Å²) >= 11 is 1.43. The summed E-state index contributed by atoms with van der Waals surface area (Å²) in [6.45, 7) is 0. The molecule has 0 radical (unpaired) electrons. The summed E-state index contributed by atoms with van der Waals surface area (Å²) in [5, 5.41) is 15.3. The van der Waals surface area contributed by atoms with Gasteiger partial charge >= 0.3 is 5.97 Å². The Morgan fingerprint density at radius 2 is 1.56 bits per heavy atom. The summed E-state index contributed by atoms with van der Waals surface area (Å²) in [7, 11) is 0. The van der Waals surface area contributed by atoms with Crippen molar-refractivity contribution in [1.82, 2.24) is 4.98 Å². The third-order valence-electron chi connectivity index (χ3n) is 5.02. The number of nitrogens with one attached hydrogen (secondary N) is 2. The highest BCUT2D eigenvalue weighted by atomic mass is 32.2. The van der Waals surface area contributed by atoms with Gasteiger partial charge in [0.2, 0.25) is 0 Å². The van der Waals surface area contributed by atoms with E-state index in [1.165, 1.54) is 11.8 Å². The zero-order valence-corrected chi connectivity index (χ0v) is 19.0. The lowest BCUT2D eigenvalue weighted by Crippen LogP contribution is -2.13. The number of hydrogen-bond acceptors (Lipinski definition) is 5. The monoisotopic (exact) mass is 469 g/mol. The summed E-state index contributed by atoms with van der Waals surface area (Å²) in [4.78, 5) is 29.4. The Balaban J connectivity index is 1.48. The molecule has 1 unspecified atom stereocenters. The van der Waals surface area contributed by atoms with Crippen LogP contribution in [0.3, 0.4) is 0 Å². The van der Waals surface area contributed by atoms with Crippen molar-refractivity contribution < 1.29 is 14.7 Å². The van der Waals surface area contributed by atoms with E-state index in [0.717, 1.165) is 22.0 Å². The van der Waals surface area contributed by atoms with Crippen molar-refractivity contribution in [2.45, 2.75) is 16.6 Å². The zero-order valence-electron chi connectivity index (χ0n) is 18.2. The van der Waals surface area contributed by atoms with Gasteiger partial charge in [-0.2, -0.15) is 0 Å². The second-order valence-corrected chi connectivity index (χ2v) is 8.73. The van der Waals surface area contributed by atoms with Crippen LogP contribution in [0.15, 0.2) is 108 Å². The van der Waals surface area contributed by atoms with Gasteiger partial charge in [-0.3, -0.25) is 9.59 Å². The highest BCUT2D eigenvalue weighted by molar-refractivity contribution is 7.99. The molecule has 1 amide bonds. The minimum absolute atomic E-state index is 0.0261. The van der Waals surface area contributed by atoms with Crippen LogP contribution in [-0.2, 0) is 4.79 Å². The molecule has 1 heterocycles. The van der Waals surface area contributed by atoms with Gasteiger partial charge in [-0.15, -0.1) is 11.8 Å². The number of rotatable bonds is 9. The van der Waals surface area contributed by atoms with Crippen LogP contribution in [0.1, 0.15) is 27.6 Å². The fourth-order valence-corrected chi connectivity index (χ4v) is 4.59. The van der Waals surface area contributed by atoms with E-state index in [2.05, 4.69) is 15.6 Å². The van der Waals surface area contributed by atoms with E-state index < -0.39 is 5.97 Å². The SMILES string of the molecule is O=C(O)CC(Sc1ccccc1NC(=O)c1ccc(Nc2ccccn2)cc1)c1ccccc1. The van der Waals surface area contributed by atoms with E-state index in [1.54, 1.807) is 18.3 Å². The van der Waals surface area contributed by atoms with Crippen LogP contribution in [0.5, 0.6) is 0 Å². The minimum atomic E-state index is -0.873. The van der Waals surface area contributed by atoms with Gasteiger partial charge in [0.1, 0.15) is 5.82 Å². The zero-order chi connectivity index (χ0) is 23.8. The lowest BCUT2D eigenvalue weighted by atomic mass is 10.1. The molecule has 34 heavy (non-hydrogen) atoms. The molecule has 0 fully saturated rings. The van der Waals surface area contributed by atoms with Crippen LogP contribution >= 0.6 is 11.8 Å². The Hall–Kier alpha value is -4.10. The highest BCUT2D eigenvalue weighted by Crippen LogP contribution is 2.41. The largest absolute Gasteiger partial charge is 0.481 e. The predicted molar refractivity (Wildman–Crippen MR) is 136 cm³/mol. The number of amides is 1. The van der Waals surface area contributed by atoms with E-state index in [0.29, 0.717) is 11.3 Å². The number of para-hydroxylation sites is 1. The second kappa shape index (κ2) is 11.2. The summed E-state index contributed by atoms with van der Waals surface area (Å²) in [5.74, 6) is -0.394. The quantitative estimate of drug-likeness (QED) is 0.246. The van der Waals surface area contributed by atoms with Crippen molar-refractivity contribution in [1.29, 1.82) is 0 Å². The molecule has 0 aliphatic heterocycles. The van der Waals surface area contributed by atoms with E-state index in [-0.39, 0.29) is 17.6 Å². The fraction of sp³-hybridized carbons (Fsp3) is 0.0741. The number of pyridine rings is 1. The van der Waals surface area contributed by atoms with Gasteiger partial charge in [-0.1, -0.05) is 48.5 Å². The number of carboxylic acid groups (broad SMARTS) is 1. The number of benzene rings is 3. The molecule has 4 rings (SSSR count). The first kappa shape index (κ1) is 23.1. The number of nitrogens with zero attached hydrogens (tertiary/aromatic N) is 1. The highest BCUT2D eigenvalue weighted by Gasteiger charge is 2.19. The van der Waals surface area contributed by atoms with Crippen molar-refractivity contribution in [3.05, 3.63) is 114 Å². The Bertz CT molecular complexity index is 1250. The van der Waals surface area contributed by atoms with E-state index >= 15 is 0 Å². The van der Waals surface area contributed by atoms with Gasteiger partial charge in [0.25, 0.3) is 5.91 Å². The summed E-state index contributed by atoms with van der Waals surface area (Å²) in [6.07, 6.45) is 1.68. The Labute approximate surface area is 202 Å². The van der Waals surface area contributed by atoms with Gasteiger partial charge in [-0.05, 0) is 54.1 Å². The molecule has 7 heteroatoms. The summed E-state index contributed by atoms with van der Waals surface area (Å²) < 4.78 is 0. The lowest BCUT2D eigenvalue weighted by molar-refractivity contribution is -0.137. The fourth-order valence-electron chi connectivity index (χ4n) is 3.36. The summed E-state index contributed by atoms with van der Waals surface area (Å²) in [6, 6.07) is 29.7. The topological polar surface area (TPSA) is 91.3 Å². The van der Waals surface area contributed by atoms with Gasteiger partial charge in [0.05, 0.1) is 12.1 Å². The molecule has 3 N–H and O–H groups in total. The molecule has 0 spiro atoms. The Kier molecular flexibility index (Phi) is 7.57. The van der Waals surface area contributed by atoms with Crippen LogP contribution in [-0.4, -0.2) is 22.0 Å². The number of carboxylic acids is 1. The molecule has 170 valence electrons. The lowest BCUT2D eigenvalue weighted by Gasteiger charge is -2.18. The molecule has 1 atom stereocenters. The van der Waals surface area contributed by atoms with Crippen LogP contribution in [0.2, 0.25) is 0 Å². The predicted octanol–water partition coefficient (Wildman–Crippen LogP) is 6.39. The van der Waals surface area contributed by atoms with Crippen molar-refractivity contribution >= 4 is 40.8 Å². The number of aromatic nitrogens is 1. The number of thioether (sulfide) groups is 1. The van der Waals surface area contributed by atoms with Gasteiger partial charge < -0.3 is 15.7 Å². The number of carbonyl (C=O) groups excluding carboxylic acids is 1. The molecule has 4 aromatic rings. The summed E-state index contributed by atoms with van der Waals surface area (Å²) in [5.41, 5.74) is 2.90. The van der Waals surface area contributed by atoms with Crippen LogP contribution in [0, 0.1) is 0 Å². The number of anilines is 3. The smallest absolute Gasteiger partial charge is 0.304 e. The van der Waals surface area contributed by atoms with E-state index in [1.807, 2.05) is 84.9 Å². The molecule has 0 aliphatic carbocycles. The average molecular weight is 470 g/mol. The Morgan fingerprint density at radius 1 is 0.853 bits per heavy atom. The van der Waals surface area contributed by atoms with Crippen LogP contribution in [0.25, 0.3) is 0 Å². The van der Waals surface area contributed by atoms with Crippen molar-refractivity contribution in [2.24, 2.45) is 0 Å². The molecule has 0 saturated heterocycles. The number of carbonyl (C=O) groups is 2. The maximum absolute atomic E-state index is 12.9. The Morgan fingerprint density at radius 3 is 2.26 bits per heavy atom. The molecule has 0 saturated carbocycles. The van der Waals surface area contributed by atoms with E-state index in [4.69, 9.17) is 0 Å². The average Bonchev–Trinajstić information content (AvgIpc) is 2.86. The molecule has 1 aromatic heterocycles. The van der Waals surface area contributed by atoms with Gasteiger partial charge in [-0.25, -0.2) is 4.98 Å². The number of hydrogen-bond donors (Lipinski definition) is 3. The van der Waals surface area contributed by atoms with E-state index in [9.17, 15) is 14.7 Å². The number of aliphatic carboxylic acids is 1. The van der Waals surface area contributed by atoms with Crippen molar-refractivity contribution in [2.75, 3.05) is 10.6 Å². The van der Waals surface area contributed by atoms with Gasteiger partial charge in [0.15, 0.2) is 0 Å². The standard InChI is InChI=1S/C27H23N3O3S/c31-26(32)18-24(19-8-2-1-3-9-19)34-23-11-5-4-10-22(23)30-27(33)20-13-15-21(16-14-20)29-25-12-6-7-17-28-25/h1-17,24H,18H2,(H,28,29)(H,30,33)(H,31,32). The van der Waals surface area contributed by atoms with Crippen LogP contribution in [0.4, 0.5) is 17.2 Å². The maximum atomic E-state index is 12.9. The first-order chi connectivity index (χ1) is 16.6. The molecule has 6 nitrogen and oxygen atoms in total.